The normalized spacial score (nSPS) is 10.9. The minimum Gasteiger partial charge on any atom is -0.397 e. The Morgan fingerprint density at radius 1 is 0.700 bits per heavy atom. The number of aryl methyl sites for hydroxylation is 2. The van der Waals surface area contributed by atoms with Crippen molar-refractivity contribution in [2.24, 2.45) is 0 Å². The Morgan fingerprint density at radius 2 is 1.30 bits per heavy atom. The van der Waals surface area contributed by atoms with Crippen molar-refractivity contribution in [2.45, 2.75) is 13.8 Å². The Kier molecular flexibility index (Phi) is 2.79. The summed E-state index contributed by atoms with van der Waals surface area (Å²) in [6.45, 7) is 3.94. The summed E-state index contributed by atoms with van der Waals surface area (Å²) in [4.78, 5) is 9.12. The van der Waals surface area contributed by atoms with E-state index in [0.29, 0.717) is 11.4 Å². The van der Waals surface area contributed by atoms with Gasteiger partial charge in [-0.3, -0.25) is 0 Å². The molecule has 2 aromatic carbocycles. The number of nitrogen functional groups attached to an aromatic ring is 2. The Hall–Kier alpha value is -2.62. The molecule has 4 N–H and O–H groups in total. The minimum absolute atomic E-state index is 0.591. The summed E-state index contributed by atoms with van der Waals surface area (Å²) < 4.78 is 0. The second kappa shape index (κ2) is 4.49. The summed E-state index contributed by atoms with van der Waals surface area (Å²) in [6.07, 6.45) is 0. The fourth-order valence-electron chi connectivity index (χ4n) is 2.16. The van der Waals surface area contributed by atoms with E-state index in [1.165, 1.54) is 0 Å². The van der Waals surface area contributed by atoms with Gasteiger partial charge in [0.15, 0.2) is 0 Å². The van der Waals surface area contributed by atoms with E-state index in [9.17, 15) is 0 Å². The molecule has 0 unspecified atom stereocenters. The molecule has 0 bridgehead atoms. The number of fused-ring (bicyclic) bond motifs is 1. The zero-order chi connectivity index (χ0) is 14.3. The molecule has 0 saturated carbocycles. The number of hydrogen-bond acceptors (Lipinski definition) is 4. The van der Waals surface area contributed by atoms with Crippen LogP contribution in [0.1, 0.15) is 11.4 Å². The maximum atomic E-state index is 5.86. The average molecular weight is 264 g/mol. The number of anilines is 2. The fourth-order valence-corrected chi connectivity index (χ4v) is 2.16. The second-order valence-electron chi connectivity index (χ2n) is 4.94. The van der Waals surface area contributed by atoms with Crippen molar-refractivity contribution in [1.82, 2.24) is 9.97 Å². The van der Waals surface area contributed by atoms with Crippen molar-refractivity contribution in [3.05, 3.63) is 47.8 Å². The standard InChI is InChI=1S/C16H16N4/c1-9-10(2)20-16-8-12(4-6-15(16)19-9)11-3-5-13(17)14(18)7-11/h3-8H,17-18H2,1-2H3. The first-order valence-electron chi connectivity index (χ1n) is 6.45. The smallest absolute Gasteiger partial charge is 0.0896 e. The van der Waals surface area contributed by atoms with Crippen LogP contribution < -0.4 is 11.5 Å². The summed E-state index contributed by atoms with van der Waals surface area (Å²) in [7, 11) is 0. The minimum atomic E-state index is 0.591. The molecule has 0 spiro atoms. The lowest BCUT2D eigenvalue weighted by Crippen LogP contribution is -1.95. The van der Waals surface area contributed by atoms with Crippen molar-refractivity contribution < 1.29 is 0 Å². The molecule has 1 heterocycles. The summed E-state index contributed by atoms with van der Waals surface area (Å²) in [5.74, 6) is 0. The molecule has 0 aliphatic rings. The van der Waals surface area contributed by atoms with E-state index in [-0.39, 0.29) is 0 Å². The molecule has 0 saturated heterocycles. The molecule has 0 atom stereocenters. The Morgan fingerprint density at radius 3 is 2.00 bits per heavy atom. The highest BCUT2D eigenvalue weighted by Gasteiger charge is 2.05. The zero-order valence-corrected chi connectivity index (χ0v) is 11.5. The molecule has 1 aromatic heterocycles. The van der Waals surface area contributed by atoms with E-state index < -0.39 is 0 Å². The summed E-state index contributed by atoms with van der Waals surface area (Å²) >= 11 is 0. The molecular formula is C16H16N4. The molecule has 0 aliphatic carbocycles. The van der Waals surface area contributed by atoms with Gasteiger partial charge in [-0.25, -0.2) is 9.97 Å². The van der Waals surface area contributed by atoms with Crippen molar-refractivity contribution in [3.8, 4) is 11.1 Å². The Bertz CT molecular complexity index is 809. The third kappa shape index (κ3) is 2.05. The van der Waals surface area contributed by atoms with Crippen LogP contribution in [0.4, 0.5) is 11.4 Å². The van der Waals surface area contributed by atoms with Crippen LogP contribution in [0.25, 0.3) is 22.2 Å². The lowest BCUT2D eigenvalue weighted by molar-refractivity contribution is 1.10. The van der Waals surface area contributed by atoms with Gasteiger partial charge in [0, 0.05) is 0 Å². The summed E-state index contributed by atoms with van der Waals surface area (Å²) in [5, 5.41) is 0. The van der Waals surface area contributed by atoms with Gasteiger partial charge in [-0.05, 0) is 49.2 Å². The highest BCUT2D eigenvalue weighted by molar-refractivity contribution is 5.83. The van der Waals surface area contributed by atoms with Crippen molar-refractivity contribution in [2.75, 3.05) is 11.5 Å². The van der Waals surface area contributed by atoms with Gasteiger partial charge >= 0.3 is 0 Å². The van der Waals surface area contributed by atoms with Gasteiger partial charge in [-0.15, -0.1) is 0 Å². The first-order valence-corrected chi connectivity index (χ1v) is 6.45. The Balaban J connectivity index is 2.17. The lowest BCUT2D eigenvalue weighted by Gasteiger charge is -2.07. The molecule has 3 rings (SSSR count). The van der Waals surface area contributed by atoms with E-state index in [0.717, 1.165) is 33.5 Å². The first kappa shape index (κ1) is 12.4. The second-order valence-corrected chi connectivity index (χ2v) is 4.94. The van der Waals surface area contributed by atoms with E-state index in [2.05, 4.69) is 9.97 Å². The molecule has 0 fully saturated rings. The monoisotopic (exact) mass is 264 g/mol. The molecule has 4 heteroatoms. The third-order valence-corrected chi connectivity index (χ3v) is 3.50. The number of hydrogen-bond donors (Lipinski definition) is 2. The molecule has 0 radical (unpaired) electrons. The maximum absolute atomic E-state index is 5.86. The maximum Gasteiger partial charge on any atom is 0.0896 e. The van der Waals surface area contributed by atoms with Crippen LogP contribution in [-0.2, 0) is 0 Å². The predicted octanol–water partition coefficient (Wildman–Crippen LogP) is 3.08. The number of rotatable bonds is 1. The lowest BCUT2D eigenvalue weighted by atomic mass is 10.0. The zero-order valence-electron chi connectivity index (χ0n) is 11.5. The predicted molar refractivity (Wildman–Crippen MR) is 83.3 cm³/mol. The molecule has 3 aromatic rings. The van der Waals surface area contributed by atoms with Gasteiger partial charge in [-0.1, -0.05) is 12.1 Å². The highest BCUT2D eigenvalue weighted by atomic mass is 14.8. The number of benzene rings is 2. The molecule has 0 amide bonds. The molecule has 0 aliphatic heterocycles. The van der Waals surface area contributed by atoms with Crippen LogP contribution in [0.2, 0.25) is 0 Å². The molecule has 100 valence electrons. The quantitative estimate of drug-likeness (QED) is 0.662. The van der Waals surface area contributed by atoms with Crippen LogP contribution >= 0.6 is 0 Å². The fraction of sp³-hybridized carbons (Fsp3) is 0.125. The Labute approximate surface area is 117 Å². The third-order valence-electron chi connectivity index (χ3n) is 3.50. The van der Waals surface area contributed by atoms with E-state index in [4.69, 9.17) is 11.5 Å². The van der Waals surface area contributed by atoms with Gasteiger partial charge in [0.1, 0.15) is 0 Å². The number of aromatic nitrogens is 2. The topological polar surface area (TPSA) is 77.8 Å². The van der Waals surface area contributed by atoms with E-state index in [1.54, 1.807) is 0 Å². The van der Waals surface area contributed by atoms with E-state index in [1.807, 2.05) is 50.2 Å². The highest BCUT2D eigenvalue weighted by Crippen LogP contribution is 2.27. The molecule has 4 nitrogen and oxygen atoms in total. The van der Waals surface area contributed by atoms with Crippen LogP contribution in [0.3, 0.4) is 0 Å². The molecule has 20 heavy (non-hydrogen) atoms. The summed E-state index contributed by atoms with van der Waals surface area (Å²) in [5.41, 5.74) is 18.6. The van der Waals surface area contributed by atoms with Crippen molar-refractivity contribution >= 4 is 22.4 Å². The van der Waals surface area contributed by atoms with Gasteiger partial charge in [0.05, 0.1) is 33.8 Å². The summed E-state index contributed by atoms with van der Waals surface area (Å²) in [6, 6.07) is 11.7. The first-order chi connectivity index (χ1) is 9.54. The van der Waals surface area contributed by atoms with Gasteiger partial charge in [0.2, 0.25) is 0 Å². The largest absolute Gasteiger partial charge is 0.397 e. The number of nitrogens with two attached hydrogens (primary N) is 2. The average Bonchev–Trinajstić information content (AvgIpc) is 2.43. The SMILES string of the molecule is Cc1nc2ccc(-c3ccc(N)c(N)c3)cc2nc1C. The van der Waals surface area contributed by atoms with Gasteiger partial charge in [-0.2, -0.15) is 0 Å². The number of nitrogens with zero attached hydrogens (tertiary/aromatic N) is 2. The molecular weight excluding hydrogens is 248 g/mol. The van der Waals surface area contributed by atoms with Crippen LogP contribution in [0.15, 0.2) is 36.4 Å². The van der Waals surface area contributed by atoms with Crippen LogP contribution in [0.5, 0.6) is 0 Å². The van der Waals surface area contributed by atoms with Gasteiger partial charge in [0.25, 0.3) is 0 Å². The van der Waals surface area contributed by atoms with Crippen molar-refractivity contribution in [3.63, 3.8) is 0 Å². The van der Waals surface area contributed by atoms with Crippen LogP contribution in [-0.4, -0.2) is 9.97 Å². The van der Waals surface area contributed by atoms with Crippen molar-refractivity contribution in [1.29, 1.82) is 0 Å². The van der Waals surface area contributed by atoms with Gasteiger partial charge < -0.3 is 11.5 Å². The van der Waals surface area contributed by atoms with Crippen LogP contribution in [0, 0.1) is 13.8 Å². The van der Waals surface area contributed by atoms with E-state index >= 15 is 0 Å².